The Kier molecular flexibility index (Phi) is 3.95. The van der Waals surface area contributed by atoms with Crippen LogP contribution in [0.3, 0.4) is 0 Å². The van der Waals surface area contributed by atoms with Crippen molar-refractivity contribution >= 4 is 27.7 Å². The van der Waals surface area contributed by atoms with E-state index in [0.29, 0.717) is 0 Å². The summed E-state index contributed by atoms with van der Waals surface area (Å²) in [6.45, 7) is 1.52. The number of carbonyl (C=O) groups excluding carboxylic acids is 1. The van der Waals surface area contributed by atoms with E-state index < -0.39 is 11.8 Å². The van der Waals surface area contributed by atoms with Gasteiger partial charge in [-0.15, -0.1) is 0 Å². The molecule has 10 heavy (non-hydrogen) atoms. The Morgan fingerprint density at radius 2 is 2.10 bits per heavy atom. The number of carbonyl (C=O) groups is 2. The van der Waals surface area contributed by atoms with E-state index in [1.807, 2.05) is 0 Å². The number of ketones is 1. The third-order valence-corrected chi connectivity index (χ3v) is 1.45. The van der Waals surface area contributed by atoms with Gasteiger partial charge in [0.1, 0.15) is 0 Å². The molecule has 0 heterocycles. The first-order valence-corrected chi connectivity index (χ1v) is 3.74. The Balaban J connectivity index is 4.39. The molecule has 0 aromatic carbocycles. The van der Waals surface area contributed by atoms with Crippen molar-refractivity contribution in [1.82, 2.24) is 0 Å². The van der Waals surface area contributed by atoms with Crippen molar-refractivity contribution in [3.63, 3.8) is 0 Å². The van der Waals surface area contributed by atoms with Crippen LogP contribution in [0.4, 0.5) is 0 Å². The highest BCUT2D eigenvalue weighted by atomic mass is 79.9. The second-order valence-corrected chi connectivity index (χ2v) is 2.13. The summed E-state index contributed by atoms with van der Waals surface area (Å²) in [5, 5.41) is 8.42. The zero-order valence-electron chi connectivity index (χ0n) is 5.43. The Morgan fingerprint density at radius 3 is 2.20 bits per heavy atom. The van der Waals surface area contributed by atoms with Gasteiger partial charge in [0, 0.05) is 0 Å². The van der Waals surface area contributed by atoms with Crippen molar-refractivity contribution in [2.45, 2.75) is 6.92 Å². The molecule has 0 bridgehead atoms. The van der Waals surface area contributed by atoms with Gasteiger partial charge < -0.3 is 5.11 Å². The number of hydrogen-bond donors (Lipinski definition) is 1. The summed E-state index contributed by atoms with van der Waals surface area (Å²) in [5.41, 5.74) is -0.170. The summed E-state index contributed by atoms with van der Waals surface area (Å²) < 4.78 is 0. The lowest BCUT2D eigenvalue weighted by Crippen LogP contribution is -2.12. The minimum Gasteiger partial charge on any atom is -0.478 e. The normalized spacial score (nSPS) is 11.2. The van der Waals surface area contributed by atoms with Crippen molar-refractivity contribution in [2.75, 3.05) is 5.33 Å². The van der Waals surface area contributed by atoms with Crippen LogP contribution >= 0.6 is 15.9 Å². The molecule has 1 N–H and O–H groups in total. The number of allylic oxidation sites excluding steroid dienone is 1. The summed E-state index contributed by atoms with van der Waals surface area (Å²) >= 11 is 2.87. The maximum absolute atomic E-state index is 10.7. The summed E-state index contributed by atoms with van der Waals surface area (Å²) in [6, 6.07) is 0. The van der Waals surface area contributed by atoms with Crippen molar-refractivity contribution in [3.8, 4) is 0 Å². The molecule has 0 aliphatic heterocycles. The molecular weight excluding hydrogens is 200 g/mol. The number of alkyl halides is 1. The molecule has 4 heteroatoms. The SMILES string of the molecule is CC=C(C(=O)O)C(=O)CBr. The fourth-order valence-corrected chi connectivity index (χ4v) is 0.778. The minimum absolute atomic E-state index is 0.0545. The van der Waals surface area contributed by atoms with Gasteiger partial charge in [-0.2, -0.15) is 0 Å². The van der Waals surface area contributed by atoms with Gasteiger partial charge in [0.15, 0.2) is 5.78 Å². The average molecular weight is 207 g/mol. The molecule has 0 radical (unpaired) electrons. The lowest BCUT2D eigenvalue weighted by molar-refractivity contribution is -0.134. The highest BCUT2D eigenvalue weighted by molar-refractivity contribution is 9.09. The van der Waals surface area contributed by atoms with Gasteiger partial charge in [-0.05, 0) is 6.92 Å². The molecule has 0 spiro atoms. The van der Waals surface area contributed by atoms with Gasteiger partial charge >= 0.3 is 5.97 Å². The predicted molar refractivity (Wildman–Crippen MR) is 40.2 cm³/mol. The molecule has 56 valence electrons. The lowest BCUT2D eigenvalue weighted by Gasteiger charge is -1.93. The molecule has 0 fully saturated rings. The van der Waals surface area contributed by atoms with Gasteiger partial charge in [0.25, 0.3) is 0 Å². The molecule has 0 aromatic rings. The van der Waals surface area contributed by atoms with E-state index in [4.69, 9.17) is 5.11 Å². The van der Waals surface area contributed by atoms with Gasteiger partial charge in [0.2, 0.25) is 0 Å². The Morgan fingerprint density at radius 1 is 1.60 bits per heavy atom. The number of rotatable bonds is 3. The van der Waals surface area contributed by atoms with Crippen LogP contribution in [-0.2, 0) is 9.59 Å². The van der Waals surface area contributed by atoms with Crippen LogP contribution in [0, 0.1) is 0 Å². The highest BCUT2D eigenvalue weighted by Gasteiger charge is 2.13. The summed E-state index contributed by atoms with van der Waals surface area (Å²) in [7, 11) is 0. The molecule has 0 aliphatic rings. The van der Waals surface area contributed by atoms with Crippen molar-refractivity contribution in [3.05, 3.63) is 11.6 Å². The monoisotopic (exact) mass is 206 g/mol. The second-order valence-electron chi connectivity index (χ2n) is 1.56. The van der Waals surface area contributed by atoms with Crippen LogP contribution in [-0.4, -0.2) is 22.2 Å². The van der Waals surface area contributed by atoms with E-state index >= 15 is 0 Å². The van der Waals surface area contributed by atoms with E-state index in [2.05, 4.69) is 15.9 Å². The van der Waals surface area contributed by atoms with Gasteiger partial charge in [-0.25, -0.2) is 4.79 Å². The number of carboxylic acid groups (broad SMARTS) is 1. The van der Waals surface area contributed by atoms with Crippen molar-refractivity contribution < 1.29 is 14.7 Å². The van der Waals surface area contributed by atoms with Crippen LogP contribution in [0.2, 0.25) is 0 Å². The van der Waals surface area contributed by atoms with Crippen LogP contribution in [0.5, 0.6) is 0 Å². The standard InChI is InChI=1S/C6H7BrO3/c1-2-4(6(9)10)5(8)3-7/h2H,3H2,1H3,(H,9,10). The number of hydrogen-bond acceptors (Lipinski definition) is 2. The highest BCUT2D eigenvalue weighted by Crippen LogP contribution is 1.98. The molecule has 0 unspecified atom stereocenters. The number of Topliss-reactive ketones (excluding diaryl/α,β-unsaturated/α-hetero) is 1. The second kappa shape index (κ2) is 4.22. The maximum atomic E-state index is 10.7. The number of carboxylic acids is 1. The predicted octanol–water partition coefficient (Wildman–Crippen LogP) is 0.981. The molecule has 0 atom stereocenters. The topological polar surface area (TPSA) is 54.4 Å². The zero-order valence-corrected chi connectivity index (χ0v) is 7.01. The molecule has 0 saturated heterocycles. The van der Waals surface area contributed by atoms with E-state index in [9.17, 15) is 9.59 Å². The fraction of sp³-hybridized carbons (Fsp3) is 0.333. The first-order chi connectivity index (χ1) is 4.63. The van der Waals surface area contributed by atoms with E-state index in [1.54, 1.807) is 0 Å². The van der Waals surface area contributed by atoms with Crippen molar-refractivity contribution in [2.24, 2.45) is 0 Å². The Bertz CT molecular complexity index is 183. The molecular formula is C6H7BrO3. The number of aliphatic carboxylic acids is 1. The molecule has 0 aromatic heterocycles. The summed E-state index contributed by atoms with van der Waals surface area (Å²) in [5.74, 6) is -1.58. The quantitative estimate of drug-likeness (QED) is 0.325. The van der Waals surface area contributed by atoms with E-state index in [-0.39, 0.29) is 10.9 Å². The zero-order chi connectivity index (χ0) is 8.15. The summed E-state index contributed by atoms with van der Waals surface area (Å²) in [4.78, 5) is 20.9. The van der Waals surface area contributed by atoms with Gasteiger partial charge in [-0.1, -0.05) is 22.0 Å². The van der Waals surface area contributed by atoms with Gasteiger partial charge in [-0.3, -0.25) is 4.79 Å². The Hall–Kier alpha value is -0.640. The van der Waals surface area contributed by atoms with Crippen LogP contribution in [0.25, 0.3) is 0 Å². The van der Waals surface area contributed by atoms with E-state index in [0.717, 1.165) is 0 Å². The third kappa shape index (κ3) is 2.31. The van der Waals surface area contributed by atoms with E-state index in [1.165, 1.54) is 13.0 Å². The van der Waals surface area contributed by atoms with Crippen LogP contribution in [0.1, 0.15) is 6.92 Å². The largest absolute Gasteiger partial charge is 0.478 e. The minimum atomic E-state index is -1.17. The Labute approximate surface area is 66.9 Å². The number of halogens is 1. The molecule has 0 aliphatic carbocycles. The smallest absolute Gasteiger partial charge is 0.339 e. The maximum Gasteiger partial charge on any atom is 0.339 e. The van der Waals surface area contributed by atoms with Gasteiger partial charge in [0.05, 0.1) is 10.9 Å². The first kappa shape index (κ1) is 9.36. The summed E-state index contributed by atoms with van der Waals surface area (Å²) in [6.07, 6.45) is 1.28. The fourth-order valence-electron chi connectivity index (χ4n) is 0.476. The molecule has 3 nitrogen and oxygen atoms in total. The third-order valence-electron chi connectivity index (χ3n) is 0.941. The molecule has 0 rings (SSSR count). The van der Waals surface area contributed by atoms with Crippen LogP contribution in [0.15, 0.2) is 11.6 Å². The first-order valence-electron chi connectivity index (χ1n) is 2.62. The molecule has 0 amide bonds. The molecule has 0 saturated carbocycles. The average Bonchev–Trinajstić information content (AvgIpc) is 1.88. The van der Waals surface area contributed by atoms with Crippen LogP contribution < -0.4 is 0 Å². The van der Waals surface area contributed by atoms with Crippen molar-refractivity contribution in [1.29, 1.82) is 0 Å². The lowest BCUT2D eigenvalue weighted by atomic mass is 10.2.